The number of hydrogen-bond donors (Lipinski definition) is 0. The van der Waals surface area contributed by atoms with Gasteiger partial charge in [-0.2, -0.15) is 0 Å². The first-order chi connectivity index (χ1) is 13.8. The van der Waals surface area contributed by atoms with Gasteiger partial charge in [0.1, 0.15) is 5.75 Å². The lowest BCUT2D eigenvalue weighted by Gasteiger charge is -2.28. The standard InChI is InChI=1S/C23H31NO4S/c1-17(2)14-24(23-10-5-18(3)13-19(23)4)29(25,26)22-8-6-21(7-9-22)28-16-20-11-12-27-15-20/h5-10,13,17,20H,11-12,14-16H2,1-4H3. The molecule has 1 unspecified atom stereocenters. The lowest BCUT2D eigenvalue weighted by atomic mass is 10.1. The topological polar surface area (TPSA) is 55.8 Å². The maximum Gasteiger partial charge on any atom is 0.264 e. The summed E-state index contributed by atoms with van der Waals surface area (Å²) in [7, 11) is -3.67. The molecular formula is C23H31NO4S. The third-order valence-corrected chi connectivity index (χ3v) is 6.87. The molecule has 1 fully saturated rings. The van der Waals surface area contributed by atoms with Crippen LogP contribution in [0, 0.1) is 25.7 Å². The number of anilines is 1. The van der Waals surface area contributed by atoms with E-state index in [1.54, 1.807) is 24.3 Å². The number of rotatable bonds is 8. The average molecular weight is 418 g/mol. The minimum absolute atomic E-state index is 0.196. The molecule has 29 heavy (non-hydrogen) atoms. The van der Waals surface area contributed by atoms with E-state index >= 15 is 0 Å². The fraction of sp³-hybridized carbons (Fsp3) is 0.478. The maximum absolute atomic E-state index is 13.5. The van der Waals surface area contributed by atoms with Crippen molar-refractivity contribution in [2.75, 3.05) is 30.7 Å². The first-order valence-electron chi connectivity index (χ1n) is 10.2. The smallest absolute Gasteiger partial charge is 0.264 e. The van der Waals surface area contributed by atoms with Gasteiger partial charge in [0, 0.05) is 19.1 Å². The molecule has 3 rings (SSSR count). The van der Waals surface area contributed by atoms with Crippen LogP contribution in [0.3, 0.4) is 0 Å². The summed E-state index contributed by atoms with van der Waals surface area (Å²) in [5.74, 6) is 1.28. The van der Waals surface area contributed by atoms with E-state index in [-0.39, 0.29) is 10.8 Å². The van der Waals surface area contributed by atoms with E-state index in [4.69, 9.17) is 9.47 Å². The van der Waals surface area contributed by atoms with Crippen molar-refractivity contribution in [1.29, 1.82) is 0 Å². The van der Waals surface area contributed by atoms with Crippen LogP contribution in [0.15, 0.2) is 47.4 Å². The van der Waals surface area contributed by atoms with E-state index in [2.05, 4.69) is 0 Å². The molecule has 0 bridgehead atoms. The van der Waals surface area contributed by atoms with E-state index < -0.39 is 10.0 Å². The van der Waals surface area contributed by atoms with Gasteiger partial charge >= 0.3 is 0 Å². The average Bonchev–Trinajstić information content (AvgIpc) is 3.19. The second-order valence-electron chi connectivity index (χ2n) is 8.23. The highest BCUT2D eigenvalue weighted by Gasteiger charge is 2.27. The summed E-state index contributed by atoms with van der Waals surface area (Å²) in [5, 5.41) is 0. The van der Waals surface area contributed by atoms with Crippen LogP contribution in [0.4, 0.5) is 5.69 Å². The number of sulfonamides is 1. The normalized spacial score (nSPS) is 16.9. The largest absolute Gasteiger partial charge is 0.493 e. The first-order valence-corrected chi connectivity index (χ1v) is 11.6. The Morgan fingerprint density at radius 1 is 1.14 bits per heavy atom. The summed E-state index contributed by atoms with van der Waals surface area (Å²) in [6, 6.07) is 12.6. The molecule has 0 aromatic heterocycles. The van der Waals surface area contributed by atoms with E-state index in [0.29, 0.717) is 24.8 Å². The van der Waals surface area contributed by atoms with Gasteiger partial charge in [-0.15, -0.1) is 0 Å². The third-order valence-electron chi connectivity index (χ3n) is 5.07. The third kappa shape index (κ3) is 5.31. The molecule has 0 spiro atoms. The summed E-state index contributed by atoms with van der Waals surface area (Å²) >= 11 is 0. The van der Waals surface area contributed by atoms with Crippen molar-refractivity contribution in [3.05, 3.63) is 53.6 Å². The fourth-order valence-corrected chi connectivity index (χ4v) is 5.20. The Bertz CT molecular complexity index is 916. The van der Waals surface area contributed by atoms with Crippen molar-refractivity contribution in [2.24, 2.45) is 11.8 Å². The molecule has 2 aromatic carbocycles. The van der Waals surface area contributed by atoms with Crippen LogP contribution >= 0.6 is 0 Å². The highest BCUT2D eigenvalue weighted by atomic mass is 32.2. The zero-order valence-electron chi connectivity index (χ0n) is 17.7. The van der Waals surface area contributed by atoms with Gasteiger partial charge in [0.05, 0.1) is 23.8 Å². The van der Waals surface area contributed by atoms with Crippen LogP contribution in [-0.4, -0.2) is 34.8 Å². The summed E-state index contributed by atoms with van der Waals surface area (Å²) in [6.45, 7) is 10.5. The van der Waals surface area contributed by atoms with Gasteiger partial charge in [-0.1, -0.05) is 31.5 Å². The lowest BCUT2D eigenvalue weighted by Crippen LogP contribution is -2.34. The summed E-state index contributed by atoms with van der Waals surface area (Å²) in [5.41, 5.74) is 2.79. The van der Waals surface area contributed by atoms with Crippen LogP contribution in [-0.2, 0) is 14.8 Å². The van der Waals surface area contributed by atoms with Crippen LogP contribution < -0.4 is 9.04 Å². The number of benzene rings is 2. The Morgan fingerprint density at radius 3 is 2.45 bits per heavy atom. The second kappa shape index (κ2) is 9.18. The van der Waals surface area contributed by atoms with E-state index in [1.807, 2.05) is 45.9 Å². The predicted molar refractivity (Wildman–Crippen MR) is 116 cm³/mol. The van der Waals surface area contributed by atoms with Crippen molar-refractivity contribution in [3.8, 4) is 5.75 Å². The van der Waals surface area contributed by atoms with Gasteiger partial charge in [-0.25, -0.2) is 8.42 Å². The molecule has 1 atom stereocenters. The van der Waals surface area contributed by atoms with Crippen molar-refractivity contribution in [3.63, 3.8) is 0 Å². The van der Waals surface area contributed by atoms with E-state index in [9.17, 15) is 8.42 Å². The van der Waals surface area contributed by atoms with Crippen molar-refractivity contribution in [2.45, 2.75) is 39.0 Å². The molecule has 0 radical (unpaired) electrons. The van der Waals surface area contributed by atoms with Gasteiger partial charge in [-0.3, -0.25) is 4.31 Å². The Balaban J connectivity index is 1.83. The van der Waals surface area contributed by atoms with Crippen LogP contribution in [0.25, 0.3) is 0 Å². The van der Waals surface area contributed by atoms with Gasteiger partial charge in [0.15, 0.2) is 0 Å². The van der Waals surface area contributed by atoms with Gasteiger partial charge < -0.3 is 9.47 Å². The minimum Gasteiger partial charge on any atom is -0.493 e. The zero-order valence-corrected chi connectivity index (χ0v) is 18.5. The fourth-order valence-electron chi connectivity index (χ4n) is 3.51. The Labute approximate surface area is 174 Å². The van der Waals surface area contributed by atoms with Crippen LogP contribution in [0.2, 0.25) is 0 Å². The minimum atomic E-state index is -3.67. The van der Waals surface area contributed by atoms with Crippen LogP contribution in [0.1, 0.15) is 31.4 Å². The molecule has 0 N–H and O–H groups in total. The monoisotopic (exact) mass is 417 g/mol. The van der Waals surface area contributed by atoms with Crippen molar-refractivity contribution in [1.82, 2.24) is 0 Å². The summed E-state index contributed by atoms with van der Waals surface area (Å²) in [6.07, 6.45) is 1.01. The van der Waals surface area contributed by atoms with E-state index in [1.165, 1.54) is 4.31 Å². The molecule has 1 heterocycles. The Hall–Kier alpha value is -2.05. The molecule has 1 saturated heterocycles. The molecule has 5 nitrogen and oxygen atoms in total. The first kappa shape index (κ1) is 21.7. The molecule has 0 aliphatic carbocycles. The SMILES string of the molecule is Cc1ccc(N(CC(C)C)S(=O)(=O)c2ccc(OCC3CCOC3)cc2)c(C)c1. The molecule has 158 valence electrons. The molecular weight excluding hydrogens is 386 g/mol. The lowest BCUT2D eigenvalue weighted by molar-refractivity contribution is 0.167. The maximum atomic E-state index is 13.5. The molecule has 1 aliphatic rings. The predicted octanol–water partition coefficient (Wildman–Crippen LogP) is 4.57. The van der Waals surface area contributed by atoms with E-state index in [0.717, 1.165) is 36.4 Å². The highest BCUT2D eigenvalue weighted by Crippen LogP contribution is 2.29. The number of ether oxygens (including phenoxy) is 2. The second-order valence-corrected chi connectivity index (χ2v) is 10.1. The highest BCUT2D eigenvalue weighted by molar-refractivity contribution is 7.92. The zero-order chi connectivity index (χ0) is 21.0. The number of aryl methyl sites for hydroxylation is 2. The number of nitrogens with zero attached hydrogens (tertiary/aromatic N) is 1. The molecule has 2 aromatic rings. The quantitative estimate of drug-likeness (QED) is 0.631. The summed E-state index contributed by atoms with van der Waals surface area (Å²) in [4.78, 5) is 0.273. The van der Waals surface area contributed by atoms with Crippen molar-refractivity contribution >= 4 is 15.7 Å². The van der Waals surface area contributed by atoms with Gasteiger partial charge in [0.25, 0.3) is 10.0 Å². The Morgan fingerprint density at radius 2 is 1.86 bits per heavy atom. The van der Waals surface area contributed by atoms with Crippen LogP contribution in [0.5, 0.6) is 5.75 Å². The number of hydrogen-bond acceptors (Lipinski definition) is 4. The van der Waals surface area contributed by atoms with Gasteiger partial charge in [0.2, 0.25) is 0 Å². The molecule has 6 heteroatoms. The molecule has 1 aliphatic heterocycles. The Kier molecular flexibility index (Phi) is 6.85. The summed E-state index contributed by atoms with van der Waals surface area (Å²) < 4.78 is 39.6. The van der Waals surface area contributed by atoms with Gasteiger partial charge in [-0.05, 0) is 62.1 Å². The van der Waals surface area contributed by atoms with Crippen molar-refractivity contribution < 1.29 is 17.9 Å². The molecule has 0 amide bonds. The molecule has 0 saturated carbocycles.